The smallest absolute Gasteiger partial charge is 0.352 e. The molecule has 2 aliphatic rings. The first-order chi connectivity index (χ1) is 18.9. The van der Waals surface area contributed by atoms with Crippen molar-refractivity contribution in [2.24, 2.45) is 5.16 Å². The first-order valence-corrected chi connectivity index (χ1v) is 14.0. The number of allylic oxidation sites excluding steroid dienone is 1. The zero-order valence-corrected chi connectivity index (χ0v) is 22.5. The van der Waals surface area contributed by atoms with Gasteiger partial charge in [-0.1, -0.05) is 35.6 Å². The molecular weight excluding hydrogens is 570 g/mol. The summed E-state index contributed by atoms with van der Waals surface area (Å²) in [7, 11) is 0. The van der Waals surface area contributed by atoms with Gasteiger partial charge in [-0.2, -0.15) is 0 Å². The fourth-order valence-electron chi connectivity index (χ4n) is 3.55. The van der Waals surface area contributed by atoms with E-state index in [0.717, 1.165) is 11.3 Å². The molecule has 4 rings (SSSR count). The lowest BCUT2D eigenvalue weighted by Gasteiger charge is -2.49. The number of nitrogens with zero attached hydrogens (tertiary/aromatic N) is 7. The molecule has 18 heteroatoms. The van der Waals surface area contributed by atoms with Crippen LogP contribution < -0.4 is 10.6 Å². The molecule has 2 aromatic rings. The van der Waals surface area contributed by atoms with Crippen molar-refractivity contribution in [1.82, 2.24) is 35.4 Å². The SMILES string of the molecule is C=CCO/N=C(\C(=O)NC1C(=O)N2C(C(=O)O)=C(CSc3nnnn3CC=C)CS[C@H]12)c1csc(NC=O)n1. The van der Waals surface area contributed by atoms with Crippen LogP contribution in [0.15, 0.2) is 52.3 Å². The summed E-state index contributed by atoms with van der Waals surface area (Å²) in [6.07, 6.45) is 3.51. The first kappa shape index (κ1) is 28.0. The van der Waals surface area contributed by atoms with Crippen molar-refractivity contribution in [2.75, 3.05) is 23.4 Å². The van der Waals surface area contributed by atoms with Crippen molar-refractivity contribution in [3.63, 3.8) is 0 Å². The van der Waals surface area contributed by atoms with Gasteiger partial charge < -0.3 is 20.6 Å². The summed E-state index contributed by atoms with van der Waals surface area (Å²) < 4.78 is 1.52. The normalized spacial score (nSPS) is 18.6. The number of amides is 3. The quantitative estimate of drug-likeness (QED) is 0.0519. The molecular formula is C21H21N9O6S3. The van der Waals surface area contributed by atoms with Gasteiger partial charge in [-0.3, -0.25) is 19.3 Å². The van der Waals surface area contributed by atoms with E-state index in [1.165, 1.54) is 44.6 Å². The lowest BCUT2D eigenvalue weighted by Crippen LogP contribution is -2.71. The minimum Gasteiger partial charge on any atom is -0.477 e. The van der Waals surface area contributed by atoms with E-state index in [4.69, 9.17) is 4.84 Å². The fourth-order valence-corrected chi connectivity index (χ4v) is 6.58. The number of tetrazole rings is 1. The number of thiazole rings is 1. The molecule has 0 bridgehead atoms. The highest BCUT2D eigenvalue weighted by Gasteiger charge is 2.54. The number of hydrogen-bond donors (Lipinski definition) is 3. The average Bonchev–Trinajstić information content (AvgIpc) is 3.57. The van der Waals surface area contributed by atoms with Crippen molar-refractivity contribution >= 4 is 69.9 Å². The van der Waals surface area contributed by atoms with Gasteiger partial charge in [0.05, 0.1) is 6.54 Å². The van der Waals surface area contributed by atoms with E-state index in [2.05, 4.69) is 49.5 Å². The van der Waals surface area contributed by atoms with Crippen molar-refractivity contribution in [3.8, 4) is 0 Å². The molecule has 0 saturated carbocycles. The van der Waals surface area contributed by atoms with Gasteiger partial charge in [0.2, 0.25) is 11.6 Å². The third-order valence-electron chi connectivity index (χ3n) is 5.21. The molecule has 2 aromatic heterocycles. The van der Waals surface area contributed by atoms with Gasteiger partial charge in [0.15, 0.2) is 10.8 Å². The number of β-lactam (4-membered cyclic amide) rings is 1. The third kappa shape index (κ3) is 6.02. The Bertz CT molecular complexity index is 1370. The monoisotopic (exact) mass is 591 g/mol. The highest BCUT2D eigenvalue weighted by atomic mass is 32.2. The van der Waals surface area contributed by atoms with E-state index in [9.17, 15) is 24.3 Å². The Balaban J connectivity index is 1.49. The minimum atomic E-state index is -1.25. The van der Waals surface area contributed by atoms with Crippen LogP contribution in [0.1, 0.15) is 5.69 Å². The lowest BCUT2D eigenvalue weighted by molar-refractivity contribution is -0.150. The van der Waals surface area contributed by atoms with Crippen molar-refractivity contribution in [3.05, 3.63) is 47.7 Å². The molecule has 0 aromatic carbocycles. The molecule has 1 unspecified atom stereocenters. The molecule has 39 heavy (non-hydrogen) atoms. The van der Waals surface area contributed by atoms with Crippen LogP contribution in [0.3, 0.4) is 0 Å². The number of oxime groups is 1. The van der Waals surface area contributed by atoms with E-state index in [1.54, 1.807) is 6.08 Å². The standard InChI is InChI=1S/C21H21N9O6S3/c1-3-5-29-21(25-27-28-29)39-8-11-7-37-18-14(17(33)30(18)15(11)19(34)35)24-16(32)13(26-36-6-4-2)12-9-38-20(23-12)22-10-31/h3-4,9-10,14,18H,1-2,5-8H2,(H,24,32)(H,34,35)(H,22,23,31)/b26-13-/t14?,18-/m1/s1. The number of hydrogen-bond acceptors (Lipinski definition) is 13. The summed E-state index contributed by atoms with van der Waals surface area (Å²) in [6.45, 7) is 7.58. The second-order valence-electron chi connectivity index (χ2n) is 7.66. The summed E-state index contributed by atoms with van der Waals surface area (Å²) in [5, 5.41) is 31.7. The number of carboxylic acids is 1. The zero-order valence-electron chi connectivity index (χ0n) is 20.1. The van der Waals surface area contributed by atoms with E-state index in [1.807, 2.05) is 0 Å². The van der Waals surface area contributed by atoms with E-state index in [0.29, 0.717) is 29.4 Å². The molecule has 3 amide bonds. The summed E-state index contributed by atoms with van der Waals surface area (Å²) in [4.78, 5) is 59.4. The van der Waals surface area contributed by atoms with E-state index < -0.39 is 29.2 Å². The third-order valence-corrected chi connectivity index (χ3v) is 8.36. The first-order valence-electron chi connectivity index (χ1n) is 11.1. The topological polar surface area (TPSA) is 194 Å². The number of aliphatic carboxylic acids is 1. The minimum absolute atomic E-state index is 0.0164. The predicted molar refractivity (Wildman–Crippen MR) is 143 cm³/mol. The predicted octanol–water partition coefficient (Wildman–Crippen LogP) is 0.322. The molecule has 1 saturated heterocycles. The molecule has 0 radical (unpaired) electrons. The highest BCUT2D eigenvalue weighted by molar-refractivity contribution is 8.01. The van der Waals surface area contributed by atoms with Crippen molar-refractivity contribution in [1.29, 1.82) is 0 Å². The van der Waals surface area contributed by atoms with Crippen molar-refractivity contribution in [2.45, 2.75) is 23.1 Å². The Labute approximate surface area is 233 Å². The van der Waals surface area contributed by atoms with Crippen LogP contribution in [0.2, 0.25) is 0 Å². The van der Waals surface area contributed by atoms with Gasteiger partial charge in [0.1, 0.15) is 29.4 Å². The lowest BCUT2D eigenvalue weighted by atomic mass is 10.0. The number of aromatic nitrogens is 5. The van der Waals surface area contributed by atoms with Crippen LogP contribution in [0.5, 0.6) is 0 Å². The fraction of sp³-hybridized carbons (Fsp3) is 0.286. The Morgan fingerprint density at radius 2 is 2.18 bits per heavy atom. The number of carbonyl (C=O) groups excluding carboxylic acids is 3. The maximum atomic E-state index is 13.1. The molecule has 2 aliphatic heterocycles. The molecule has 1 fully saturated rings. The van der Waals surface area contributed by atoms with Gasteiger partial charge in [-0.15, -0.1) is 34.8 Å². The average molecular weight is 592 g/mol. The summed E-state index contributed by atoms with van der Waals surface area (Å²) in [5.74, 6) is -2.02. The van der Waals surface area contributed by atoms with Crippen LogP contribution in [0.25, 0.3) is 0 Å². The number of fused-ring (bicyclic) bond motifs is 1. The molecule has 4 heterocycles. The Morgan fingerprint density at radius 3 is 2.90 bits per heavy atom. The van der Waals surface area contributed by atoms with Crippen LogP contribution in [0, 0.1) is 0 Å². The summed E-state index contributed by atoms with van der Waals surface area (Å²) >= 11 is 3.63. The number of thioether (sulfide) groups is 2. The molecule has 204 valence electrons. The number of rotatable bonds is 14. The van der Waals surface area contributed by atoms with Gasteiger partial charge in [-0.25, -0.2) is 14.5 Å². The van der Waals surface area contributed by atoms with E-state index in [-0.39, 0.29) is 34.6 Å². The Morgan fingerprint density at radius 1 is 1.36 bits per heavy atom. The van der Waals surface area contributed by atoms with Gasteiger partial charge in [0, 0.05) is 16.9 Å². The van der Waals surface area contributed by atoms with Crippen LogP contribution in [-0.2, 0) is 30.6 Å². The van der Waals surface area contributed by atoms with E-state index >= 15 is 0 Å². The highest BCUT2D eigenvalue weighted by Crippen LogP contribution is 2.41. The Hall–Kier alpha value is -4.03. The maximum Gasteiger partial charge on any atom is 0.352 e. The maximum absolute atomic E-state index is 13.1. The van der Waals surface area contributed by atoms with Crippen molar-refractivity contribution < 1.29 is 29.1 Å². The molecule has 15 nitrogen and oxygen atoms in total. The number of nitrogens with one attached hydrogen (secondary N) is 2. The number of carboxylic acid groups (broad SMARTS) is 1. The van der Waals surface area contributed by atoms with Crippen LogP contribution >= 0.6 is 34.9 Å². The Kier molecular flexibility index (Phi) is 9.10. The number of anilines is 1. The van der Waals surface area contributed by atoms with Gasteiger partial charge >= 0.3 is 5.97 Å². The van der Waals surface area contributed by atoms with Gasteiger partial charge in [-0.05, 0) is 16.0 Å². The van der Waals surface area contributed by atoms with Crippen LogP contribution in [-0.4, -0.2) is 94.6 Å². The second kappa shape index (κ2) is 12.7. The number of carbonyl (C=O) groups is 4. The second-order valence-corrected chi connectivity index (χ2v) is 10.6. The molecule has 0 aliphatic carbocycles. The van der Waals surface area contributed by atoms with Crippen LogP contribution in [0.4, 0.5) is 5.13 Å². The molecule has 3 N–H and O–H groups in total. The zero-order chi connectivity index (χ0) is 27.9. The molecule has 0 spiro atoms. The van der Waals surface area contributed by atoms with Gasteiger partial charge in [0.25, 0.3) is 11.8 Å². The largest absolute Gasteiger partial charge is 0.477 e. The summed E-state index contributed by atoms with van der Waals surface area (Å²) in [5.41, 5.74) is 0.298. The summed E-state index contributed by atoms with van der Waals surface area (Å²) in [6, 6.07) is -0.998. The molecule has 2 atom stereocenters.